The summed E-state index contributed by atoms with van der Waals surface area (Å²) in [5.74, 6) is 1.35. The molecule has 0 aromatic heterocycles. The number of hydrogen-bond acceptors (Lipinski definition) is 5. The molecule has 7 nitrogen and oxygen atoms in total. The average molecular weight is 560 g/mol. The molecular formula is C34H45N3O4. The minimum atomic E-state index is -0.521. The highest BCUT2D eigenvalue weighted by atomic mass is 16.6. The zero-order valence-corrected chi connectivity index (χ0v) is 24.3. The number of nitrogens with zero attached hydrogens (tertiary/aromatic N) is 2. The molecule has 0 spiro atoms. The molecule has 1 atom stereocenters. The number of piperidine rings is 1. The van der Waals surface area contributed by atoms with Crippen LogP contribution < -0.4 is 14.8 Å². The molecule has 1 unspecified atom stereocenters. The van der Waals surface area contributed by atoms with Crippen LogP contribution in [0.3, 0.4) is 0 Å². The van der Waals surface area contributed by atoms with Gasteiger partial charge in [0.15, 0.2) is 11.5 Å². The standard InChI is InChI=1S/C34H45N3O4/c38-33(35-27-16-17-30-31(24-27)41-23-22-40-30)32(25-18-20-36(21-19-25)28-12-6-2-7-13-28)37(29-14-8-3-9-15-29)34(39)26-10-4-1-5-11-26/h1,4-5,10-11,16-17,24-25,28-29,32H,2-3,6-9,12-15,18-23H2,(H,35,38). The zero-order valence-electron chi connectivity index (χ0n) is 24.3. The van der Waals surface area contributed by atoms with Gasteiger partial charge in [0.2, 0.25) is 5.91 Å². The Morgan fingerprint density at radius 2 is 1.44 bits per heavy atom. The van der Waals surface area contributed by atoms with Crippen molar-refractivity contribution in [3.63, 3.8) is 0 Å². The number of likely N-dealkylation sites (tertiary alicyclic amines) is 1. The minimum absolute atomic E-state index is 0.0189. The third-order valence-corrected chi connectivity index (χ3v) is 9.71. The fourth-order valence-electron chi connectivity index (χ4n) is 7.56. The van der Waals surface area contributed by atoms with Crippen LogP contribution in [-0.2, 0) is 4.79 Å². The topological polar surface area (TPSA) is 71.1 Å². The first-order valence-electron chi connectivity index (χ1n) is 16.0. The van der Waals surface area contributed by atoms with Gasteiger partial charge in [-0.3, -0.25) is 9.59 Å². The number of carbonyl (C=O) groups is 2. The Hall–Kier alpha value is -3.06. The average Bonchev–Trinajstić information content (AvgIpc) is 3.04. The van der Waals surface area contributed by atoms with Crippen molar-refractivity contribution in [2.75, 3.05) is 31.6 Å². The number of benzene rings is 2. The normalized spacial score (nSPS) is 21.7. The van der Waals surface area contributed by atoms with Gasteiger partial charge in [0.1, 0.15) is 19.3 Å². The largest absolute Gasteiger partial charge is 0.486 e. The van der Waals surface area contributed by atoms with Gasteiger partial charge in [0.05, 0.1) is 0 Å². The van der Waals surface area contributed by atoms with Gasteiger partial charge in [-0.05, 0) is 81.8 Å². The van der Waals surface area contributed by atoms with Crippen molar-refractivity contribution < 1.29 is 19.1 Å². The number of amides is 2. The Balaban J connectivity index is 1.29. The van der Waals surface area contributed by atoms with Gasteiger partial charge < -0.3 is 24.6 Å². The fraction of sp³-hybridized carbons (Fsp3) is 0.588. The lowest BCUT2D eigenvalue weighted by molar-refractivity contribution is -0.124. The number of hydrogen-bond donors (Lipinski definition) is 1. The second kappa shape index (κ2) is 13.3. The second-order valence-electron chi connectivity index (χ2n) is 12.3. The van der Waals surface area contributed by atoms with Crippen molar-refractivity contribution >= 4 is 17.5 Å². The van der Waals surface area contributed by atoms with Crippen molar-refractivity contribution in [2.24, 2.45) is 5.92 Å². The molecule has 2 saturated carbocycles. The van der Waals surface area contributed by atoms with E-state index in [1.807, 2.05) is 53.4 Å². The summed E-state index contributed by atoms with van der Waals surface area (Å²) in [6.07, 6.45) is 13.7. The first-order valence-corrected chi connectivity index (χ1v) is 16.0. The van der Waals surface area contributed by atoms with Crippen LogP contribution in [0.1, 0.15) is 87.4 Å². The molecule has 1 N–H and O–H groups in total. The Bertz CT molecular complexity index is 1170. The summed E-state index contributed by atoms with van der Waals surface area (Å²) in [6.45, 7) is 3.02. The van der Waals surface area contributed by atoms with E-state index in [4.69, 9.17) is 9.47 Å². The Kier molecular flexibility index (Phi) is 9.10. The third-order valence-electron chi connectivity index (χ3n) is 9.71. The van der Waals surface area contributed by atoms with Crippen molar-refractivity contribution in [1.82, 2.24) is 9.80 Å². The molecule has 2 aliphatic heterocycles. The summed E-state index contributed by atoms with van der Waals surface area (Å²) in [6, 6.07) is 15.4. The Labute approximate surface area is 244 Å². The van der Waals surface area contributed by atoms with E-state index >= 15 is 0 Å². The lowest BCUT2D eigenvalue weighted by Crippen LogP contribution is -2.58. The SMILES string of the molecule is O=C(Nc1ccc2c(c1)OCCO2)C(C1CCN(C2CCCCC2)CC1)N(C(=O)c1ccccc1)C1CCCCC1. The maximum absolute atomic E-state index is 14.4. The number of anilines is 1. The zero-order chi connectivity index (χ0) is 28.0. The van der Waals surface area contributed by atoms with Crippen LogP contribution in [0.4, 0.5) is 5.69 Å². The van der Waals surface area contributed by atoms with E-state index in [9.17, 15) is 9.59 Å². The summed E-state index contributed by atoms with van der Waals surface area (Å²) in [5.41, 5.74) is 1.34. The molecule has 2 aliphatic carbocycles. The fourth-order valence-corrected chi connectivity index (χ4v) is 7.56. The maximum atomic E-state index is 14.4. The van der Waals surface area contributed by atoms with Crippen LogP contribution in [0.2, 0.25) is 0 Å². The molecule has 1 saturated heterocycles. The molecule has 3 fully saturated rings. The van der Waals surface area contributed by atoms with Gasteiger partial charge in [-0.15, -0.1) is 0 Å². The van der Waals surface area contributed by atoms with Crippen molar-refractivity contribution in [3.05, 3.63) is 54.1 Å². The van der Waals surface area contributed by atoms with Crippen molar-refractivity contribution in [3.8, 4) is 11.5 Å². The van der Waals surface area contributed by atoms with E-state index in [2.05, 4.69) is 10.2 Å². The van der Waals surface area contributed by atoms with Gasteiger partial charge in [-0.2, -0.15) is 0 Å². The van der Waals surface area contributed by atoms with E-state index in [1.165, 1.54) is 38.5 Å². The van der Waals surface area contributed by atoms with Gasteiger partial charge >= 0.3 is 0 Å². The second-order valence-corrected chi connectivity index (χ2v) is 12.3. The molecule has 2 aromatic carbocycles. The molecule has 6 rings (SSSR count). The van der Waals surface area contributed by atoms with E-state index < -0.39 is 6.04 Å². The number of ether oxygens (including phenoxy) is 2. The number of fused-ring (bicyclic) bond motifs is 1. The van der Waals surface area contributed by atoms with E-state index in [1.54, 1.807) is 0 Å². The predicted molar refractivity (Wildman–Crippen MR) is 161 cm³/mol. The van der Waals surface area contributed by atoms with Crippen LogP contribution in [0.5, 0.6) is 11.5 Å². The maximum Gasteiger partial charge on any atom is 0.254 e. The summed E-state index contributed by atoms with van der Waals surface area (Å²) in [7, 11) is 0. The molecule has 2 amide bonds. The van der Waals surface area contributed by atoms with Crippen LogP contribution in [0, 0.1) is 5.92 Å². The van der Waals surface area contributed by atoms with Gasteiger partial charge in [0, 0.05) is 29.4 Å². The number of carbonyl (C=O) groups excluding carboxylic acids is 2. The quantitative estimate of drug-likeness (QED) is 0.432. The highest BCUT2D eigenvalue weighted by Crippen LogP contribution is 2.36. The van der Waals surface area contributed by atoms with Gasteiger partial charge in [-0.1, -0.05) is 56.7 Å². The monoisotopic (exact) mass is 559 g/mol. The molecular weight excluding hydrogens is 514 g/mol. The molecule has 0 radical (unpaired) electrons. The Morgan fingerprint density at radius 3 is 2.15 bits per heavy atom. The molecule has 0 bridgehead atoms. The molecule has 220 valence electrons. The van der Waals surface area contributed by atoms with E-state index in [0.717, 1.165) is 51.6 Å². The molecule has 41 heavy (non-hydrogen) atoms. The smallest absolute Gasteiger partial charge is 0.254 e. The summed E-state index contributed by atoms with van der Waals surface area (Å²) >= 11 is 0. The summed E-state index contributed by atoms with van der Waals surface area (Å²) in [5, 5.41) is 3.21. The lowest BCUT2D eigenvalue weighted by atomic mass is 9.83. The molecule has 2 heterocycles. The number of rotatable bonds is 7. The van der Waals surface area contributed by atoms with Gasteiger partial charge in [-0.25, -0.2) is 0 Å². The van der Waals surface area contributed by atoms with E-state index in [-0.39, 0.29) is 23.8 Å². The number of nitrogens with one attached hydrogen (secondary N) is 1. The first kappa shape index (κ1) is 28.1. The van der Waals surface area contributed by atoms with Crippen LogP contribution in [0.15, 0.2) is 48.5 Å². The van der Waals surface area contributed by atoms with Crippen LogP contribution >= 0.6 is 0 Å². The first-order chi connectivity index (χ1) is 20.2. The van der Waals surface area contributed by atoms with Crippen molar-refractivity contribution in [2.45, 2.75) is 95.2 Å². The highest BCUT2D eigenvalue weighted by Gasteiger charge is 2.42. The lowest BCUT2D eigenvalue weighted by Gasteiger charge is -2.46. The van der Waals surface area contributed by atoms with Crippen LogP contribution in [0.25, 0.3) is 0 Å². The van der Waals surface area contributed by atoms with Gasteiger partial charge in [0.25, 0.3) is 5.91 Å². The molecule has 2 aromatic rings. The highest BCUT2D eigenvalue weighted by molar-refractivity contribution is 6.01. The predicted octanol–water partition coefficient (Wildman–Crippen LogP) is 6.28. The van der Waals surface area contributed by atoms with E-state index in [0.29, 0.717) is 42.0 Å². The van der Waals surface area contributed by atoms with Crippen molar-refractivity contribution in [1.29, 1.82) is 0 Å². The summed E-state index contributed by atoms with van der Waals surface area (Å²) in [4.78, 5) is 33.3. The summed E-state index contributed by atoms with van der Waals surface area (Å²) < 4.78 is 11.5. The molecule has 4 aliphatic rings. The van der Waals surface area contributed by atoms with Crippen LogP contribution in [-0.4, -0.2) is 66.0 Å². The Morgan fingerprint density at radius 1 is 0.780 bits per heavy atom. The third kappa shape index (κ3) is 6.56. The molecule has 7 heteroatoms. The minimum Gasteiger partial charge on any atom is -0.486 e.